The second-order valence-electron chi connectivity index (χ2n) is 5.26. The van der Waals surface area contributed by atoms with E-state index in [9.17, 15) is 4.79 Å². The lowest BCUT2D eigenvalue weighted by Gasteiger charge is -2.34. The maximum atomic E-state index is 11.1. The molecule has 0 aromatic carbocycles. The molecule has 1 aliphatic heterocycles. The van der Waals surface area contributed by atoms with Crippen LogP contribution in [0.4, 0.5) is 0 Å². The van der Waals surface area contributed by atoms with Crippen molar-refractivity contribution in [3.05, 3.63) is 0 Å². The fourth-order valence-electron chi connectivity index (χ4n) is 2.62. The van der Waals surface area contributed by atoms with Crippen LogP contribution < -0.4 is 5.32 Å². The number of aliphatic carboxylic acids is 1. The van der Waals surface area contributed by atoms with Crippen LogP contribution >= 0.6 is 0 Å². The molecule has 0 saturated carbocycles. The highest BCUT2D eigenvalue weighted by molar-refractivity contribution is 5.74. The Bertz CT molecular complexity index is 226. The van der Waals surface area contributed by atoms with Crippen molar-refractivity contribution in [3.63, 3.8) is 0 Å². The van der Waals surface area contributed by atoms with Crippen molar-refractivity contribution in [2.45, 2.75) is 52.5 Å². The number of unbranched alkanes of at least 4 members (excludes halogenated alkanes) is 1. The lowest BCUT2D eigenvalue weighted by molar-refractivity contribution is -0.141. The summed E-state index contributed by atoms with van der Waals surface area (Å²) in [5.41, 5.74) is 0.141. The van der Waals surface area contributed by atoms with Gasteiger partial charge in [-0.05, 0) is 30.7 Å². The molecule has 15 heavy (non-hydrogen) atoms. The summed E-state index contributed by atoms with van der Waals surface area (Å²) in [5.74, 6) is -0.413. The lowest BCUT2D eigenvalue weighted by atomic mass is 9.71. The van der Waals surface area contributed by atoms with E-state index in [2.05, 4.69) is 26.1 Å². The minimum absolute atomic E-state index is 0.141. The van der Waals surface area contributed by atoms with Gasteiger partial charge in [0.25, 0.3) is 0 Å². The summed E-state index contributed by atoms with van der Waals surface area (Å²) in [6, 6.07) is -0.336. The van der Waals surface area contributed by atoms with E-state index in [1.165, 1.54) is 12.8 Å². The summed E-state index contributed by atoms with van der Waals surface area (Å²) in [6.07, 6.45) is 4.49. The third-order valence-electron chi connectivity index (χ3n) is 3.67. The van der Waals surface area contributed by atoms with E-state index >= 15 is 0 Å². The van der Waals surface area contributed by atoms with Crippen molar-refractivity contribution in [1.29, 1.82) is 0 Å². The van der Waals surface area contributed by atoms with E-state index in [-0.39, 0.29) is 17.4 Å². The van der Waals surface area contributed by atoms with Gasteiger partial charge in [0.2, 0.25) is 0 Å². The number of carboxylic acids is 1. The van der Waals surface area contributed by atoms with Crippen molar-refractivity contribution in [2.75, 3.05) is 6.54 Å². The Kier molecular flexibility index (Phi) is 4.14. The van der Waals surface area contributed by atoms with Crippen LogP contribution in [0.5, 0.6) is 0 Å². The van der Waals surface area contributed by atoms with Crippen LogP contribution in [0.1, 0.15) is 46.5 Å². The van der Waals surface area contributed by atoms with Gasteiger partial charge in [-0.15, -0.1) is 0 Å². The first-order valence-corrected chi connectivity index (χ1v) is 5.95. The van der Waals surface area contributed by atoms with Gasteiger partial charge in [0, 0.05) is 0 Å². The molecule has 2 atom stereocenters. The van der Waals surface area contributed by atoms with Crippen LogP contribution in [0.15, 0.2) is 0 Å². The maximum absolute atomic E-state index is 11.1. The minimum Gasteiger partial charge on any atom is -0.480 e. The Labute approximate surface area is 92.3 Å². The standard InChI is InChI=1S/C12H23NO2/c1-4-5-7-12(2,3)9-6-8-13-10(9)11(14)15/h9-10,13H,4-8H2,1-3H3,(H,14,15). The average molecular weight is 213 g/mol. The number of hydrogen-bond donors (Lipinski definition) is 2. The fourth-order valence-corrected chi connectivity index (χ4v) is 2.62. The van der Waals surface area contributed by atoms with Gasteiger partial charge in [0.05, 0.1) is 0 Å². The van der Waals surface area contributed by atoms with E-state index in [1.54, 1.807) is 0 Å². The first-order valence-electron chi connectivity index (χ1n) is 5.95. The first-order chi connectivity index (χ1) is 6.99. The van der Waals surface area contributed by atoms with Crippen LogP contribution in [0, 0.1) is 11.3 Å². The molecule has 1 heterocycles. The molecule has 88 valence electrons. The number of hydrogen-bond acceptors (Lipinski definition) is 2. The molecule has 2 N–H and O–H groups in total. The Balaban J connectivity index is 2.63. The Morgan fingerprint density at radius 3 is 2.73 bits per heavy atom. The second kappa shape index (κ2) is 4.97. The fraction of sp³-hybridized carbons (Fsp3) is 0.917. The monoisotopic (exact) mass is 213 g/mol. The molecule has 3 heteroatoms. The second-order valence-corrected chi connectivity index (χ2v) is 5.26. The predicted octanol–water partition coefficient (Wildman–Crippen LogP) is 2.27. The molecule has 2 unspecified atom stereocenters. The SMILES string of the molecule is CCCCC(C)(C)C1CCNC1C(=O)O. The van der Waals surface area contributed by atoms with Crippen molar-refractivity contribution < 1.29 is 9.90 Å². The molecule has 0 aliphatic carbocycles. The van der Waals surface area contributed by atoms with Gasteiger partial charge in [0.1, 0.15) is 6.04 Å². The molecule has 0 amide bonds. The van der Waals surface area contributed by atoms with Gasteiger partial charge >= 0.3 is 5.97 Å². The molecule has 0 radical (unpaired) electrons. The smallest absolute Gasteiger partial charge is 0.321 e. The third-order valence-corrected chi connectivity index (χ3v) is 3.67. The van der Waals surface area contributed by atoms with Gasteiger partial charge in [-0.2, -0.15) is 0 Å². The molecule has 0 aromatic heterocycles. The van der Waals surface area contributed by atoms with Crippen molar-refractivity contribution in [1.82, 2.24) is 5.32 Å². The van der Waals surface area contributed by atoms with Crippen LogP contribution in [0.25, 0.3) is 0 Å². The Morgan fingerprint density at radius 1 is 1.53 bits per heavy atom. The molecule has 1 fully saturated rings. The van der Waals surface area contributed by atoms with E-state index in [4.69, 9.17) is 5.11 Å². The van der Waals surface area contributed by atoms with Crippen molar-refractivity contribution in [3.8, 4) is 0 Å². The van der Waals surface area contributed by atoms with E-state index in [0.29, 0.717) is 0 Å². The molecule has 3 nitrogen and oxygen atoms in total. The molecule has 1 rings (SSSR count). The zero-order chi connectivity index (χ0) is 11.5. The molecule has 0 spiro atoms. The highest BCUT2D eigenvalue weighted by Crippen LogP contribution is 2.39. The maximum Gasteiger partial charge on any atom is 0.321 e. The quantitative estimate of drug-likeness (QED) is 0.736. The highest BCUT2D eigenvalue weighted by Gasteiger charge is 2.41. The van der Waals surface area contributed by atoms with Crippen LogP contribution in [-0.4, -0.2) is 23.7 Å². The average Bonchev–Trinajstić information content (AvgIpc) is 2.63. The summed E-state index contributed by atoms with van der Waals surface area (Å²) < 4.78 is 0. The summed E-state index contributed by atoms with van der Waals surface area (Å²) in [5, 5.41) is 12.2. The third kappa shape index (κ3) is 2.94. The van der Waals surface area contributed by atoms with Gasteiger partial charge in [-0.1, -0.05) is 33.6 Å². The Hall–Kier alpha value is -0.570. The largest absolute Gasteiger partial charge is 0.480 e. The van der Waals surface area contributed by atoms with Gasteiger partial charge in [-0.25, -0.2) is 0 Å². The number of carboxylic acid groups (broad SMARTS) is 1. The van der Waals surface area contributed by atoms with Crippen LogP contribution in [-0.2, 0) is 4.79 Å². The van der Waals surface area contributed by atoms with Gasteiger partial charge < -0.3 is 10.4 Å². The van der Waals surface area contributed by atoms with E-state index in [1.807, 2.05) is 0 Å². The summed E-state index contributed by atoms with van der Waals surface area (Å²) in [4.78, 5) is 11.1. The normalized spacial score (nSPS) is 26.9. The first kappa shape index (κ1) is 12.5. The predicted molar refractivity (Wildman–Crippen MR) is 60.8 cm³/mol. The molecule has 0 aromatic rings. The molecule has 0 bridgehead atoms. The van der Waals surface area contributed by atoms with Crippen molar-refractivity contribution in [2.24, 2.45) is 11.3 Å². The van der Waals surface area contributed by atoms with E-state index in [0.717, 1.165) is 19.4 Å². The molecule has 1 saturated heterocycles. The molecule has 1 aliphatic rings. The number of carbonyl (C=O) groups is 1. The summed E-state index contributed by atoms with van der Waals surface area (Å²) in [7, 11) is 0. The van der Waals surface area contributed by atoms with Gasteiger partial charge in [-0.3, -0.25) is 4.79 Å². The topological polar surface area (TPSA) is 49.3 Å². The summed E-state index contributed by atoms with van der Waals surface area (Å²) >= 11 is 0. The van der Waals surface area contributed by atoms with E-state index < -0.39 is 5.97 Å². The van der Waals surface area contributed by atoms with Crippen LogP contribution in [0.2, 0.25) is 0 Å². The minimum atomic E-state index is -0.693. The molecular weight excluding hydrogens is 190 g/mol. The highest BCUT2D eigenvalue weighted by atomic mass is 16.4. The van der Waals surface area contributed by atoms with Gasteiger partial charge in [0.15, 0.2) is 0 Å². The number of rotatable bonds is 5. The summed E-state index contributed by atoms with van der Waals surface area (Å²) in [6.45, 7) is 7.43. The lowest BCUT2D eigenvalue weighted by Crippen LogP contribution is -2.41. The molecular formula is C12H23NO2. The zero-order valence-corrected chi connectivity index (χ0v) is 10.0. The number of nitrogens with one attached hydrogen (secondary N) is 1. The Morgan fingerprint density at radius 2 is 2.20 bits per heavy atom. The zero-order valence-electron chi connectivity index (χ0n) is 10.0. The van der Waals surface area contributed by atoms with Crippen molar-refractivity contribution >= 4 is 5.97 Å². The van der Waals surface area contributed by atoms with Crippen LogP contribution in [0.3, 0.4) is 0 Å².